The van der Waals surface area contributed by atoms with Crippen molar-refractivity contribution in [1.82, 2.24) is 15.5 Å². The average Bonchev–Trinajstić information content (AvgIpc) is 2.53. The quantitative estimate of drug-likeness (QED) is 0.429. The first-order chi connectivity index (χ1) is 11.8. The van der Waals surface area contributed by atoms with Gasteiger partial charge in [-0.2, -0.15) is 0 Å². The third-order valence-corrected chi connectivity index (χ3v) is 3.31. The van der Waals surface area contributed by atoms with Gasteiger partial charge in [-0.05, 0) is 38.5 Å². The molecule has 0 fully saturated rings. The number of hydrogen-bond acceptors (Lipinski definition) is 3. The zero-order valence-corrected chi connectivity index (χ0v) is 15.9. The smallest absolute Gasteiger partial charge is 0.243 e. The van der Waals surface area contributed by atoms with E-state index in [1.54, 1.807) is 14.1 Å². The summed E-state index contributed by atoms with van der Waals surface area (Å²) in [6.07, 6.45) is -0.0526. The topological polar surface area (TPSA) is 66.0 Å². The van der Waals surface area contributed by atoms with E-state index in [1.165, 1.54) is 4.90 Å². The first-order valence-corrected chi connectivity index (χ1v) is 8.38. The van der Waals surface area contributed by atoms with Crippen LogP contribution in [-0.2, 0) is 4.79 Å². The number of amides is 1. The molecule has 138 valence electrons. The van der Waals surface area contributed by atoms with E-state index in [2.05, 4.69) is 22.2 Å². The van der Waals surface area contributed by atoms with Crippen molar-refractivity contribution >= 4 is 11.9 Å². The summed E-state index contributed by atoms with van der Waals surface area (Å²) >= 11 is 0. The van der Waals surface area contributed by atoms with E-state index in [-0.39, 0.29) is 18.6 Å². The van der Waals surface area contributed by atoms with Crippen LogP contribution in [0.15, 0.2) is 41.4 Å². The second kappa shape index (κ2) is 10.4. The lowest BCUT2D eigenvalue weighted by atomic mass is 10.2. The third-order valence-electron chi connectivity index (χ3n) is 3.31. The van der Waals surface area contributed by atoms with Crippen LogP contribution in [0.25, 0.3) is 0 Å². The molecule has 0 saturated heterocycles. The molecule has 0 spiro atoms. The molecule has 6 nitrogen and oxygen atoms in total. The molecule has 6 heteroatoms. The Labute approximate surface area is 151 Å². The molecule has 1 amide bonds. The van der Waals surface area contributed by atoms with Gasteiger partial charge < -0.3 is 20.3 Å². The van der Waals surface area contributed by atoms with E-state index in [9.17, 15) is 4.79 Å². The van der Waals surface area contributed by atoms with Crippen LogP contribution in [0.2, 0.25) is 0 Å². The predicted octanol–water partition coefficient (Wildman–Crippen LogP) is 1.96. The number of aliphatic imine (C=N–C) groups is 1. The molecule has 1 aromatic rings. The van der Waals surface area contributed by atoms with Gasteiger partial charge in [0.25, 0.3) is 0 Å². The number of hydrogen-bond donors (Lipinski definition) is 2. The van der Waals surface area contributed by atoms with Gasteiger partial charge in [-0.1, -0.05) is 24.3 Å². The van der Waals surface area contributed by atoms with E-state index in [1.807, 2.05) is 45.0 Å². The summed E-state index contributed by atoms with van der Waals surface area (Å²) in [5.74, 6) is 1.35. The van der Waals surface area contributed by atoms with Gasteiger partial charge in [-0.3, -0.25) is 4.79 Å². The highest BCUT2D eigenvalue weighted by atomic mass is 16.5. The van der Waals surface area contributed by atoms with Gasteiger partial charge in [0.1, 0.15) is 18.4 Å². The van der Waals surface area contributed by atoms with E-state index in [0.29, 0.717) is 19.0 Å². The van der Waals surface area contributed by atoms with E-state index < -0.39 is 0 Å². The molecule has 0 radical (unpaired) electrons. The van der Waals surface area contributed by atoms with Crippen LogP contribution >= 0.6 is 0 Å². The van der Waals surface area contributed by atoms with Gasteiger partial charge in [-0.15, -0.1) is 0 Å². The molecule has 1 aromatic carbocycles. The summed E-state index contributed by atoms with van der Waals surface area (Å²) in [7, 11) is 3.42. The Morgan fingerprint density at radius 2 is 2.08 bits per heavy atom. The molecular formula is C19H30N4O2. The number of benzene rings is 1. The van der Waals surface area contributed by atoms with Gasteiger partial charge >= 0.3 is 0 Å². The highest BCUT2D eigenvalue weighted by molar-refractivity contribution is 5.84. The van der Waals surface area contributed by atoms with Crippen molar-refractivity contribution in [2.75, 3.05) is 33.7 Å². The van der Waals surface area contributed by atoms with E-state index in [0.717, 1.165) is 16.9 Å². The Morgan fingerprint density at radius 3 is 2.68 bits per heavy atom. The fourth-order valence-corrected chi connectivity index (χ4v) is 1.90. The maximum Gasteiger partial charge on any atom is 0.243 e. The number of carbonyl (C=O) groups excluding carboxylic acids is 1. The summed E-state index contributed by atoms with van der Waals surface area (Å²) in [6, 6.07) is 7.94. The number of carbonyl (C=O) groups is 1. The predicted molar refractivity (Wildman–Crippen MR) is 103 cm³/mol. The molecule has 2 N–H and O–H groups in total. The molecule has 0 aliphatic heterocycles. The molecule has 1 rings (SSSR count). The molecule has 1 atom stereocenters. The van der Waals surface area contributed by atoms with Crippen LogP contribution in [0.4, 0.5) is 0 Å². The van der Waals surface area contributed by atoms with Crippen molar-refractivity contribution in [3.63, 3.8) is 0 Å². The minimum atomic E-state index is -0.0551. The summed E-state index contributed by atoms with van der Waals surface area (Å²) in [5, 5.41) is 6.36. The number of likely N-dealkylation sites (N-methyl/N-ethyl adjacent to an activating group) is 1. The van der Waals surface area contributed by atoms with Gasteiger partial charge in [0.2, 0.25) is 5.91 Å². The Hall–Kier alpha value is -2.50. The molecule has 0 heterocycles. The molecule has 0 bridgehead atoms. The summed E-state index contributed by atoms with van der Waals surface area (Å²) in [6.45, 7) is 11.1. The van der Waals surface area contributed by atoms with Gasteiger partial charge in [-0.25, -0.2) is 4.99 Å². The second-order valence-electron chi connectivity index (χ2n) is 6.39. The number of aryl methyl sites for hydroxylation is 1. The Bertz CT molecular complexity index is 611. The largest absolute Gasteiger partial charge is 0.489 e. The molecule has 0 aromatic heterocycles. The molecule has 1 unspecified atom stereocenters. The van der Waals surface area contributed by atoms with Crippen molar-refractivity contribution in [1.29, 1.82) is 0 Å². The lowest BCUT2D eigenvalue weighted by Crippen LogP contribution is -2.43. The van der Waals surface area contributed by atoms with Crippen molar-refractivity contribution in [3.8, 4) is 5.75 Å². The number of rotatable bonds is 8. The lowest BCUT2D eigenvalue weighted by Gasteiger charge is -2.18. The Morgan fingerprint density at radius 1 is 1.36 bits per heavy atom. The van der Waals surface area contributed by atoms with Crippen molar-refractivity contribution in [2.24, 2.45) is 4.99 Å². The molecule has 25 heavy (non-hydrogen) atoms. The SMILES string of the molecule is C=C(C)CNC(=NCC(=O)N(C)C)NCC(C)Oc1cccc(C)c1. The van der Waals surface area contributed by atoms with E-state index >= 15 is 0 Å². The Balaban J connectivity index is 2.58. The minimum absolute atomic E-state index is 0.0526. The van der Waals surface area contributed by atoms with Crippen molar-refractivity contribution in [3.05, 3.63) is 42.0 Å². The average molecular weight is 346 g/mol. The number of guanidine groups is 1. The van der Waals surface area contributed by atoms with Crippen LogP contribution in [0, 0.1) is 6.92 Å². The van der Waals surface area contributed by atoms with Crippen LogP contribution in [0.1, 0.15) is 19.4 Å². The highest BCUT2D eigenvalue weighted by Crippen LogP contribution is 2.13. The van der Waals surface area contributed by atoms with Gasteiger partial charge in [0.05, 0.1) is 6.54 Å². The number of nitrogens with one attached hydrogen (secondary N) is 2. The molecular weight excluding hydrogens is 316 g/mol. The summed E-state index contributed by atoms with van der Waals surface area (Å²) in [5.41, 5.74) is 2.14. The van der Waals surface area contributed by atoms with Crippen molar-refractivity contribution in [2.45, 2.75) is 26.9 Å². The second-order valence-corrected chi connectivity index (χ2v) is 6.39. The minimum Gasteiger partial charge on any atom is -0.489 e. The zero-order valence-electron chi connectivity index (χ0n) is 15.9. The number of nitrogens with zero attached hydrogens (tertiary/aromatic N) is 2. The van der Waals surface area contributed by atoms with Crippen LogP contribution in [-0.4, -0.2) is 56.6 Å². The number of ether oxygens (including phenoxy) is 1. The van der Waals surface area contributed by atoms with Crippen LogP contribution in [0.5, 0.6) is 5.75 Å². The summed E-state index contributed by atoms with van der Waals surface area (Å²) in [4.78, 5) is 17.6. The first kappa shape index (κ1) is 20.5. The Kier molecular flexibility index (Phi) is 8.53. The standard InChI is InChI=1S/C19H30N4O2/c1-14(2)11-20-19(22-13-18(24)23(5)6)21-12-16(4)25-17-9-7-8-15(3)10-17/h7-10,16H,1,11-13H2,2-6H3,(H2,20,21,22). The maximum atomic E-state index is 11.7. The van der Waals surface area contributed by atoms with Crippen LogP contribution < -0.4 is 15.4 Å². The fourth-order valence-electron chi connectivity index (χ4n) is 1.90. The maximum absolute atomic E-state index is 11.7. The molecule has 0 aliphatic rings. The van der Waals surface area contributed by atoms with Gasteiger partial charge in [0.15, 0.2) is 5.96 Å². The van der Waals surface area contributed by atoms with Gasteiger partial charge in [0, 0.05) is 20.6 Å². The monoisotopic (exact) mass is 346 g/mol. The van der Waals surface area contributed by atoms with Crippen LogP contribution in [0.3, 0.4) is 0 Å². The molecule has 0 saturated carbocycles. The lowest BCUT2D eigenvalue weighted by molar-refractivity contribution is -0.127. The third kappa shape index (κ3) is 8.79. The fraction of sp³-hybridized carbons (Fsp3) is 0.474. The zero-order chi connectivity index (χ0) is 18.8. The normalized spacial score (nSPS) is 12.3. The van der Waals surface area contributed by atoms with E-state index in [4.69, 9.17) is 4.74 Å². The summed E-state index contributed by atoms with van der Waals surface area (Å²) < 4.78 is 5.90. The van der Waals surface area contributed by atoms with Crippen molar-refractivity contribution < 1.29 is 9.53 Å². The highest BCUT2D eigenvalue weighted by Gasteiger charge is 2.08. The first-order valence-electron chi connectivity index (χ1n) is 8.38. The molecule has 0 aliphatic carbocycles.